The second-order valence-electron chi connectivity index (χ2n) is 9.27. The van der Waals surface area contributed by atoms with Gasteiger partial charge in [-0.05, 0) is 73.5 Å². The SMILES string of the molecule is Cc1cccc(-n2c3ccccc3c3cc4c5ccc(C)cc5n(-c5ccccc5)c4cc32)c1. The first-order valence-corrected chi connectivity index (χ1v) is 11.8. The van der Waals surface area contributed by atoms with Gasteiger partial charge >= 0.3 is 0 Å². The maximum absolute atomic E-state index is 2.41. The molecule has 0 saturated carbocycles. The largest absolute Gasteiger partial charge is 0.309 e. The highest BCUT2D eigenvalue weighted by molar-refractivity contribution is 6.19. The summed E-state index contributed by atoms with van der Waals surface area (Å²) >= 11 is 0. The van der Waals surface area contributed by atoms with Gasteiger partial charge in [-0.25, -0.2) is 0 Å². The average Bonchev–Trinajstić information content (AvgIpc) is 3.34. The van der Waals surface area contributed by atoms with E-state index < -0.39 is 0 Å². The normalized spacial score (nSPS) is 11.8. The van der Waals surface area contributed by atoms with Gasteiger partial charge in [0, 0.05) is 32.9 Å². The zero-order valence-electron chi connectivity index (χ0n) is 19.3. The lowest BCUT2D eigenvalue weighted by Crippen LogP contribution is -1.96. The van der Waals surface area contributed by atoms with Crippen LogP contribution in [0.2, 0.25) is 0 Å². The van der Waals surface area contributed by atoms with Crippen molar-refractivity contribution >= 4 is 43.6 Å². The number of hydrogen-bond donors (Lipinski definition) is 0. The van der Waals surface area contributed by atoms with Crippen molar-refractivity contribution in [2.75, 3.05) is 0 Å². The Bertz CT molecular complexity index is 1870. The highest BCUT2D eigenvalue weighted by Crippen LogP contribution is 2.39. The lowest BCUT2D eigenvalue weighted by atomic mass is 10.1. The Morgan fingerprint density at radius 3 is 1.79 bits per heavy atom. The van der Waals surface area contributed by atoms with Crippen LogP contribution in [0.1, 0.15) is 11.1 Å². The van der Waals surface area contributed by atoms with E-state index in [9.17, 15) is 0 Å². The molecule has 2 nitrogen and oxygen atoms in total. The summed E-state index contributed by atoms with van der Waals surface area (Å²) in [6, 6.07) is 39.8. The van der Waals surface area contributed by atoms with Crippen LogP contribution in [0.3, 0.4) is 0 Å². The molecule has 7 rings (SSSR count). The molecule has 0 unspecified atom stereocenters. The third kappa shape index (κ3) is 2.69. The fourth-order valence-corrected chi connectivity index (χ4v) is 5.49. The molecule has 162 valence electrons. The van der Waals surface area contributed by atoms with Crippen molar-refractivity contribution in [2.24, 2.45) is 0 Å². The Morgan fingerprint density at radius 2 is 1.00 bits per heavy atom. The van der Waals surface area contributed by atoms with Crippen molar-refractivity contribution in [1.82, 2.24) is 9.13 Å². The molecule has 0 radical (unpaired) electrons. The molecule has 0 bridgehead atoms. The van der Waals surface area contributed by atoms with E-state index in [2.05, 4.69) is 132 Å². The van der Waals surface area contributed by atoms with Crippen LogP contribution < -0.4 is 0 Å². The van der Waals surface area contributed by atoms with Crippen LogP contribution in [-0.2, 0) is 0 Å². The topological polar surface area (TPSA) is 9.86 Å². The number of nitrogens with zero attached hydrogens (tertiary/aromatic N) is 2. The average molecular weight is 437 g/mol. The van der Waals surface area contributed by atoms with E-state index >= 15 is 0 Å². The molecular weight excluding hydrogens is 412 g/mol. The van der Waals surface area contributed by atoms with E-state index in [1.165, 1.54) is 66.1 Å². The van der Waals surface area contributed by atoms with Crippen molar-refractivity contribution in [3.8, 4) is 11.4 Å². The Hall–Kier alpha value is -4.30. The van der Waals surface area contributed by atoms with E-state index in [1.54, 1.807) is 0 Å². The summed E-state index contributed by atoms with van der Waals surface area (Å²) in [5, 5.41) is 5.16. The fraction of sp³-hybridized carbons (Fsp3) is 0.0625. The number of aryl methyl sites for hydroxylation is 2. The molecule has 0 N–H and O–H groups in total. The molecule has 34 heavy (non-hydrogen) atoms. The van der Waals surface area contributed by atoms with E-state index in [1.807, 2.05) is 0 Å². The molecule has 0 amide bonds. The maximum atomic E-state index is 2.41. The minimum atomic E-state index is 1.19. The first kappa shape index (κ1) is 19.2. The number of para-hydroxylation sites is 2. The van der Waals surface area contributed by atoms with Gasteiger partial charge in [0.25, 0.3) is 0 Å². The predicted molar refractivity (Wildman–Crippen MR) is 145 cm³/mol. The first-order valence-electron chi connectivity index (χ1n) is 11.8. The quantitative estimate of drug-likeness (QED) is 0.257. The maximum Gasteiger partial charge on any atom is 0.0562 e. The Balaban J connectivity index is 1.70. The number of aromatic nitrogens is 2. The lowest BCUT2D eigenvalue weighted by molar-refractivity contribution is 1.16. The molecule has 0 spiro atoms. The summed E-state index contributed by atoms with van der Waals surface area (Å²) < 4.78 is 4.82. The van der Waals surface area contributed by atoms with Crippen LogP contribution in [0.25, 0.3) is 55.0 Å². The third-order valence-corrected chi connectivity index (χ3v) is 6.99. The summed E-state index contributed by atoms with van der Waals surface area (Å²) in [7, 11) is 0. The Kier molecular flexibility index (Phi) is 4.01. The summed E-state index contributed by atoms with van der Waals surface area (Å²) in [5.74, 6) is 0. The van der Waals surface area contributed by atoms with Gasteiger partial charge in [0.15, 0.2) is 0 Å². The second kappa shape index (κ2) is 7.10. The molecule has 0 atom stereocenters. The molecule has 2 heteroatoms. The van der Waals surface area contributed by atoms with Crippen LogP contribution in [0, 0.1) is 13.8 Å². The molecule has 7 aromatic rings. The smallest absolute Gasteiger partial charge is 0.0562 e. The fourth-order valence-electron chi connectivity index (χ4n) is 5.49. The van der Waals surface area contributed by atoms with Crippen molar-refractivity contribution in [3.05, 3.63) is 120 Å². The van der Waals surface area contributed by atoms with Crippen molar-refractivity contribution in [3.63, 3.8) is 0 Å². The van der Waals surface area contributed by atoms with E-state index in [-0.39, 0.29) is 0 Å². The van der Waals surface area contributed by atoms with Gasteiger partial charge in [0.1, 0.15) is 0 Å². The molecular formula is C32H24N2. The van der Waals surface area contributed by atoms with Crippen LogP contribution >= 0.6 is 0 Å². The van der Waals surface area contributed by atoms with Crippen LogP contribution in [0.15, 0.2) is 109 Å². The van der Waals surface area contributed by atoms with Crippen molar-refractivity contribution in [1.29, 1.82) is 0 Å². The van der Waals surface area contributed by atoms with Gasteiger partial charge in [0.2, 0.25) is 0 Å². The molecule has 0 saturated heterocycles. The summed E-state index contributed by atoms with van der Waals surface area (Å²) in [5.41, 5.74) is 9.87. The van der Waals surface area contributed by atoms with Crippen molar-refractivity contribution < 1.29 is 0 Å². The number of hydrogen-bond acceptors (Lipinski definition) is 0. The van der Waals surface area contributed by atoms with Gasteiger partial charge in [-0.3, -0.25) is 0 Å². The van der Waals surface area contributed by atoms with Crippen molar-refractivity contribution in [2.45, 2.75) is 13.8 Å². The van der Waals surface area contributed by atoms with E-state index in [4.69, 9.17) is 0 Å². The van der Waals surface area contributed by atoms with Gasteiger partial charge in [0.05, 0.1) is 22.1 Å². The molecule has 0 aliphatic rings. The number of benzene rings is 5. The first-order chi connectivity index (χ1) is 16.7. The molecule has 5 aromatic carbocycles. The Morgan fingerprint density at radius 1 is 0.382 bits per heavy atom. The number of rotatable bonds is 2. The van der Waals surface area contributed by atoms with Crippen LogP contribution in [0.4, 0.5) is 0 Å². The molecule has 0 aliphatic carbocycles. The standard InChI is InChI=1S/C32H24N2/c1-21-9-8-12-24(17-21)34-29-14-7-6-13-25(29)27-19-28-26-16-15-22(2)18-30(26)33(31(28)20-32(27)34)23-10-4-3-5-11-23/h3-20H,1-2H3. The molecule has 0 fully saturated rings. The zero-order chi connectivity index (χ0) is 22.8. The molecule has 2 aromatic heterocycles. The zero-order valence-corrected chi connectivity index (χ0v) is 19.3. The van der Waals surface area contributed by atoms with Gasteiger partial charge < -0.3 is 9.13 Å². The minimum absolute atomic E-state index is 1.19. The van der Waals surface area contributed by atoms with E-state index in [0.717, 1.165) is 0 Å². The Labute approximate surface area is 198 Å². The van der Waals surface area contributed by atoms with Gasteiger partial charge in [-0.15, -0.1) is 0 Å². The molecule has 0 aliphatic heterocycles. The predicted octanol–water partition coefficient (Wildman–Crippen LogP) is 8.50. The summed E-state index contributed by atoms with van der Waals surface area (Å²) in [6.45, 7) is 4.33. The minimum Gasteiger partial charge on any atom is -0.309 e. The third-order valence-electron chi connectivity index (χ3n) is 6.99. The van der Waals surface area contributed by atoms with Gasteiger partial charge in [-0.2, -0.15) is 0 Å². The van der Waals surface area contributed by atoms with E-state index in [0.29, 0.717) is 0 Å². The lowest BCUT2D eigenvalue weighted by Gasteiger charge is -2.10. The van der Waals surface area contributed by atoms with Gasteiger partial charge in [-0.1, -0.05) is 60.7 Å². The molecule has 2 heterocycles. The second-order valence-corrected chi connectivity index (χ2v) is 9.27. The monoisotopic (exact) mass is 436 g/mol. The highest BCUT2D eigenvalue weighted by atomic mass is 15.0. The summed E-state index contributed by atoms with van der Waals surface area (Å²) in [4.78, 5) is 0. The van der Waals surface area contributed by atoms with Crippen LogP contribution in [-0.4, -0.2) is 9.13 Å². The summed E-state index contributed by atoms with van der Waals surface area (Å²) in [6.07, 6.45) is 0. The van der Waals surface area contributed by atoms with Crippen LogP contribution in [0.5, 0.6) is 0 Å². The highest BCUT2D eigenvalue weighted by Gasteiger charge is 2.18. The number of fused-ring (bicyclic) bond motifs is 6.